The fraction of sp³-hybridized carbons (Fsp3) is 0.241. The maximum absolute atomic E-state index is 13.1. The highest BCUT2D eigenvalue weighted by Gasteiger charge is 2.50. The SMILES string of the molecule is Cc1cc(-c2ccccc2)c(Cl)cc1C1=C(N)C2(CCCN(C(=O)OCc3ccccc3)C2)OC1=O. The highest BCUT2D eigenvalue weighted by Crippen LogP contribution is 2.43. The second-order valence-corrected chi connectivity index (χ2v) is 9.66. The molecule has 1 amide bonds. The summed E-state index contributed by atoms with van der Waals surface area (Å²) in [6, 6.07) is 23.0. The quantitative estimate of drug-likeness (QED) is 0.462. The largest absolute Gasteiger partial charge is 0.447 e. The maximum Gasteiger partial charge on any atom is 0.410 e. The molecule has 0 bridgehead atoms. The Morgan fingerprint density at radius 2 is 1.78 bits per heavy atom. The van der Waals surface area contributed by atoms with Crippen molar-refractivity contribution < 1.29 is 19.1 Å². The summed E-state index contributed by atoms with van der Waals surface area (Å²) in [7, 11) is 0. The van der Waals surface area contributed by atoms with Gasteiger partial charge in [0.15, 0.2) is 5.60 Å². The van der Waals surface area contributed by atoms with Gasteiger partial charge in [-0.2, -0.15) is 0 Å². The minimum absolute atomic E-state index is 0.149. The van der Waals surface area contributed by atoms with E-state index >= 15 is 0 Å². The predicted molar refractivity (Wildman–Crippen MR) is 139 cm³/mol. The molecule has 3 aromatic rings. The zero-order valence-corrected chi connectivity index (χ0v) is 20.8. The van der Waals surface area contributed by atoms with Gasteiger partial charge < -0.3 is 20.1 Å². The number of carbonyl (C=O) groups excluding carboxylic acids is 2. The number of piperidine rings is 1. The number of aryl methyl sites for hydroxylation is 1. The normalized spacial score (nSPS) is 19.5. The molecule has 1 atom stereocenters. The van der Waals surface area contributed by atoms with Gasteiger partial charge in [-0.3, -0.25) is 0 Å². The van der Waals surface area contributed by atoms with Crippen LogP contribution in [0.2, 0.25) is 5.02 Å². The standard InChI is InChI=1S/C29H27ClN2O4/c1-19-15-23(21-11-6-3-7-12-21)24(30)16-22(19)25-26(31)29(36-27(25)33)13-8-14-32(18-29)28(34)35-17-20-9-4-2-5-10-20/h2-7,9-12,15-16H,8,13-14,17-18,31H2,1H3. The molecule has 1 spiro atoms. The fourth-order valence-electron chi connectivity index (χ4n) is 4.96. The summed E-state index contributed by atoms with van der Waals surface area (Å²) in [5.74, 6) is -0.501. The monoisotopic (exact) mass is 502 g/mol. The minimum Gasteiger partial charge on any atom is -0.447 e. The van der Waals surface area contributed by atoms with Crippen molar-refractivity contribution in [2.24, 2.45) is 5.73 Å². The molecule has 184 valence electrons. The molecule has 2 aliphatic rings. The molecule has 0 saturated carbocycles. The summed E-state index contributed by atoms with van der Waals surface area (Å²) in [6.07, 6.45) is 0.710. The maximum atomic E-state index is 13.1. The number of halogens is 1. The first kappa shape index (κ1) is 23.9. The molecule has 2 heterocycles. The van der Waals surface area contributed by atoms with Crippen LogP contribution in [0.15, 0.2) is 78.5 Å². The molecular weight excluding hydrogens is 476 g/mol. The van der Waals surface area contributed by atoms with E-state index in [4.69, 9.17) is 26.8 Å². The van der Waals surface area contributed by atoms with Gasteiger partial charge in [-0.05, 0) is 54.2 Å². The molecule has 2 aliphatic heterocycles. The molecule has 1 unspecified atom stereocenters. The molecule has 0 aliphatic carbocycles. The molecule has 7 heteroatoms. The van der Waals surface area contributed by atoms with Crippen molar-refractivity contribution in [2.75, 3.05) is 13.1 Å². The van der Waals surface area contributed by atoms with Crippen molar-refractivity contribution >= 4 is 29.2 Å². The lowest BCUT2D eigenvalue weighted by Crippen LogP contribution is -2.53. The van der Waals surface area contributed by atoms with Crippen molar-refractivity contribution in [3.63, 3.8) is 0 Å². The molecule has 0 radical (unpaired) electrons. The molecule has 3 aromatic carbocycles. The second kappa shape index (κ2) is 9.70. The first-order valence-corrected chi connectivity index (χ1v) is 12.3. The Hall–Kier alpha value is -3.77. The predicted octanol–water partition coefficient (Wildman–Crippen LogP) is 5.71. The number of ether oxygens (including phenoxy) is 2. The van der Waals surface area contributed by atoms with Gasteiger partial charge in [0.25, 0.3) is 0 Å². The molecular formula is C29H27ClN2O4. The lowest BCUT2D eigenvalue weighted by Gasteiger charge is -2.39. The zero-order valence-electron chi connectivity index (χ0n) is 20.0. The van der Waals surface area contributed by atoms with E-state index < -0.39 is 17.7 Å². The summed E-state index contributed by atoms with van der Waals surface area (Å²) in [5.41, 5.74) is 10.5. The van der Waals surface area contributed by atoms with Crippen molar-refractivity contribution in [3.05, 3.63) is 100 Å². The number of nitrogens with zero attached hydrogens (tertiary/aromatic N) is 1. The lowest BCUT2D eigenvalue weighted by atomic mass is 9.87. The van der Waals surface area contributed by atoms with E-state index in [2.05, 4.69) is 0 Å². The van der Waals surface area contributed by atoms with Gasteiger partial charge in [0.2, 0.25) is 0 Å². The zero-order chi connectivity index (χ0) is 25.3. The number of hydrogen-bond acceptors (Lipinski definition) is 5. The highest BCUT2D eigenvalue weighted by molar-refractivity contribution is 6.34. The second-order valence-electron chi connectivity index (χ2n) is 9.25. The van der Waals surface area contributed by atoms with Crippen LogP contribution in [0.5, 0.6) is 0 Å². The average molecular weight is 503 g/mol. The van der Waals surface area contributed by atoms with E-state index in [1.807, 2.05) is 73.7 Å². The van der Waals surface area contributed by atoms with Crippen LogP contribution in [0.4, 0.5) is 4.79 Å². The average Bonchev–Trinajstić information content (AvgIpc) is 3.13. The molecule has 2 N–H and O–H groups in total. The third-order valence-corrected chi connectivity index (χ3v) is 7.15. The Bertz CT molecular complexity index is 1340. The van der Waals surface area contributed by atoms with E-state index in [0.29, 0.717) is 41.2 Å². The van der Waals surface area contributed by atoms with Gasteiger partial charge >= 0.3 is 12.1 Å². The number of rotatable bonds is 4. The molecule has 36 heavy (non-hydrogen) atoms. The van der Waals surface area contributed by atoms with Crippen LogP contribution in [0, 0.1) is 6.92 Å². The third-order valence-electron chi connectivity index (χ3n) is 6.84. The van der Waals surface area contributed by atoms with Crippen LogP contribution in [0.3, 0.4) is 0 Å². The Kier molecular flexibility index (Phi) is 6.46. The van der Waals surface area contributed by atoms with Crippen molar-refractivity contribution in [2.45, 2.75) is 32.0 Å². The van der Waals surface area contributed by atoms with Gasteiger partial charge in [-0.1, -0.05) is 72.3 Å². The van der Waals surface area contributed by atoms with E-state index in [1.54, 1.807) is 11.0 Å². The molecule has 1 saturated heterocycles. The highest BCUT2D eigenvalue weighted by atomic mass is 35.5. The summed E-state index contributed by atoms with van der Waals surface area (Å²) in [4.78, 5) is 27.5. The smallest absolute Gasteiger partial charge is 0.410 e. The summed E-state index contributed by atoms with van der Waals surface area (Å²) >= 11 is 6.65. The number of carbonyl (C=O) groups is 2. The number of likely N-dealkylation sites (tertiary alicyclic amines) is 1. The Morgan fingerprint density at radius 3 is 2.50 bits per heavy atom. The number of esters is 1. The summed E-state index contributed by atoms with van der Waals surface area (Å²) < 4.78 is 11.4. The molecule has 5 rings (SSSR count). The fourth-order valence-corrected chi connectivity index (χ4v) is 5.23. The van der Waals surface area contributed by atoms with Gasteiger partial charge in [-0.15, -0.1) is 0 Å². The topological polar surface area (TPSA) is 81.9 Å². The number of hydrogen-bond donors (Lipinski definition) is 1. The summed E-state index contributed by atoms with van der Waals surface area (Å²) in [5, 5.41) is 0.519. The van der Waals surface area contributed by atoms with Gasteiger partial charge in [-0.25, -0.2) is 9.59 Å². The van der Waals surface area contributed by atoms with Crippen molar-refractivity contribution in [1.82, 2.24) is 4.90 Å². The van der Waals surface area contributed by atoms with Crippen LogP contribution >= 0.6 is 11.6 Å². The van der Waals surface area contributed by atoms with Crippen LogP contribution < -0.4 is 5.73 Å². The molecule has 1 fully saturated rings. The first-order chi connectivity index (χ1) is 17.4. The van der Waals surface area contributed by atoms with Crippen LogP contribution in [0.25, 0.3) is 16.7 Å². The van der Waals surface area contributed by atoms with Gasteiger partial charge in [0.05, 0.1) is 17.8 Å². The van der Waals surface area contributed by atoms with Crippen LogP contribution in [-0.2, 0) is 20.9 Å². The van der Waals surface area contributed by atoms with E-state index in [9.17, 15) is 9.59 Å². The number of nitrogens with two attached hydrogens (primary N) is 1. The van der Waals surface area contributed by atoms with Crippen molar-refractivity contribution in [3.8, 4) is 11.1 Å². The van der Waals surface area contributed by atoms with E-state index in [0.717, 1.165) is 22.3 Å². The third kappa shape index (κ3) is 4.44. The van der Waals surface area contributed by atoms with Gasteiger partial charge in [0, 0.05) is 17.1 Å². The van der Waals surface area contributed by atoms with E-state index in [1.165, 1.54) is 0 Å². The lowest BCUT2D eigenvalue weighted by molar-refractivity contribution is -0.149. The first-order valence-electron chi connectivity index (χ1n) is 11.9. The summed E-state index contributed by atoms with van der Waals surface area (Å²) in [6.45, 7) is 2.75. The number of amides is 1. The minimum atomic E-state index is -1.08. The Labute approximate surface area is 215 Å². The van der Waals surface area contributed by atoms with Crippen LogP contribution in [0.1, 0.15) is 29.5 Å². The molecule has 6 nitrogen and oxygen atoms in total. The van der Waals surface area contributed by atoms with Crippen molar-refractivity contribution in [1.29, 1.82) is 0 Å². The Morgan fingerprint density at radius 1 is 1.08 bits per heavy atom. The number of benzene rings is 3. The molecule has 0 aromatic heterocycles. The van der Waals surface area contributed by atoms with Gasteiger partial charge in [0.1, 0.15) is 6.61 Å². The Balaban J connectivity index is 1.40. The van der Waals surface area contributed by atoms with E-state index in [-0.39, 0.29) is 13.2 Å². The van der Waals surface area contributed by atoms with Crippen LogP contribution in [-0.4, -0.2) is 35.7 Å².